The van der Waals surface area contributed by atoms with Crippen LogP contribution in [0.25, 0.3) is 0 Å². The van der Waals surface area contributed by atoms with Crippen LogP contribution in [0.2, 0.25) is 10.0 Å². The number of amides is 1. The van der Waals surface area contributed by atoms with E-state index in [9.17, 15) is 28.1 Å². The fourth-order valence-corrected chi connectivity index (χ4v) is 3.13. The number of nitrogens with zero attached hydrogens (tertiary/aromatic N) is 1. The molecule has 0 heterocycles. The van der Waals surface area contributed by atoms with Gasteiger partial charge in [-0.1, -0.05) is 23.2 Å². The van der Waals surface area contributed by atoms with Gasteiger partial charge in [0.2, 0.25) is 0 Å². The van der Waals surface area contributed by atoms with Gasteiger partial charge in [-0.3, -0.25) is 14.9 Å². The van der Waals surface area contributed by atoms with E-state index in [1.807, 2.05) is 0 Å². The second kappa shape index (κ2) is 8.76. The zero-order valence-corrected chi connectivity index (χ0v) is 17.3. The molecule has 2 rings (SSSR count). The van der Waals surface area contributed by atoms with Gasteiger partial charge in [-0.15, -0.1) is 0 Å². The third-order valence-electron chi connectivity index (χ3n) is 3.66. The first-order chi connectivity index (χ1) is 13.4. The summed E-state index contributed by atoms with van der Waals surface area (Å²) >= 11 is 11.8. The third kappa shape index (κ3) is 5.66. The van der Waals surface area contributed by atoms with Crippen LogP contribution in [0.15, 0.2) is 41.3 Å². The summed E-state index contributed by atoms with van der Waals surface area (Å²) in [5.74, 6) is -1.83. The van der Waals surface area contributed by atoms with Crippen LogP contribution in [0.4, 0.5) is 11.4 Å². The van der Waals surface area contributed by atoms with Crippen molar-refractivity contribution >= 4 is 56.3 Å². The number of ether oxygens (including phenoxy) is 1. The van der Waals surface area contributed by atoms with Crippen LogP contribution >= 0.6 is 23.2 Å². The van der Waals surface area contributed by atoms with Crippen LogP contribution in [0.5, 0.6) is 0 Å². The molecule has 0 aliphatic rings. The number of non-ortho nitro benzene ring substituents is 1. The summed E-state index contributed by atoms with van der Waals surface area (Å²) in [5, 5.41) is 13.2. The van der Waals surface area contributed by atoms with Crippen LogP contribution in [0, 0.1) is 10.1 Å². The number of carbonyl (C=O) groups excluding carboxylic acids is 2. The molecule has 0 aliphatic heterocycles. The number of anilines is 1. The lowest BCUT2D eigenvalue weighted by Crippen LogP contribution is -2.30. The summed E-state index contributed by atoms with van der Waals surface area (Å²) in [5.41, 5.74) is -0.563. The number of esters is 1. The lowest BCUT2D eigenvalue weighted by Gasteiger charge is -2.15. The van der Waals surface area contributed by atoms with Gasteiger partial charge in [0.15, 0.2) is 15.9 Å². The Hall–Kier alpha value is -2.69. The second-order valence-electron chi connectivity index (χ2n) is 5.87. The Kier molecular flexibility index (Phi) is 6.83. The number of benzene rings is 2. The van der Waals surface area contributed by atoms with Crippen molar-refractivity contribution in [2.75, 3.05) is 11.6 Å². The molecule has 1 amide bonds. The Bertz CT molecular complexity index is 1100. The van der Waals surface area contributed by atoms with E-state index in [1.165, 1.54) is 25.1 Å². The summed E-state index contributed by atoms with van der Waals surface area (Å²) in [6.07, 6.45) is -0.375. The highest BCUT2D eigenvalue weighted by molar-refractivity contribution is 7.90. The van der Waals surface area contributed by atoms with Gasteiger partial charge < -0.3 is 10.1 Å². The van der Waals surface area contributed by atoms with Crippen molar-refractivity contribution in [1.82, 2.24) is 0 Å². The molecular weight excluding hydrogens is 447 g/mol. The molecule has 2 aromatic carbocycles. The van der Waals surface area contributed by atoms with Crippen molar-refractivity contribution in [3.8, 4) is 0 Å². The lowest BCUT2D eigenvalue weighted by atomic mass is 10.2. The summed E-state index contributed by atoms with van der Waals surface area (Å²) in [6.45, 7) is 1.26. The molecule has 12 heteroatoms. The normalized spacial score (nSPS) is 12.1. The van der Waals surface area contributed by atoms with E-state index >= 15 is 0 Å². The predicted octanol–water partition coefficient (Wildman–Crippen LogP) is 3.49. The van der Waals surface area contributed by atoms with E-state index in [2.05, 4.69) is 5.32 Å². The summed E-state index contributed by atoms with van der Waals surface area (Å²) < 4.78 is 28.3. The Balaban J connectivity index is 2.17. The standard InChI is InChI=1S/C17H14Cl2N2O7S/c1-9(16(22)20-15-7-10(21(24)25)3-5-14(15)19)28-17(23)12-8-11(29(2,26)27)4-6-13(12)18/h3-9H,1-2H3,(H,20,22)/t9-/m0/s1. The lowest BCUT2D eigenvalue weighted by molar-refractivity contribution is -0.384. The molecule has 29 heavy (non-hydrogen) atoms. The van der Waals surface area contributed by atoms with Crippen LogP contribution < -0.4 is 5.32 Å². The molecule has 2 aromatic rings. The van der Waals surface area contributed by atoms with Crippen molar-refractivity contribution in [2.45, 2.75) is 17.9 Å². The zero-order chi connectivity index (χ0) is 21.9. The number of nitro groups is 1. The maximum absolute atomic E-state index is 12.3. The minimum atomic E-state index is -3.59. The first kappa shape index (κ1) is 22.6. The van der Waals surface area contributed by atoms with Crippen LogP contribution in [-0.4, -0.2) is 37.6 Å². The van der Waals surface area contributed by atoms with Gasteiger partial charge >= 0.3 is 5.97 Å². The average molecular weight is 461 g/mol. The maximum atomic E-state index is 12.3. The molecule has 154 valence electrons. The Morgan fingerprint density at radius 1 is 1.14 bits per heavy atom. The Labute approximate surface area is 175 Å². The third-order valence-corrected chi connectivity index (χ3v) is 5.43. The molecule has 9 nitrogen and oxygen atoms in total. The number of hydrogen-bond acceptors (Lipinski definition) is 7. The van der Waals surface area contributed by atoms with Crippen molar-refractivity contribution in [2.24, 2.45) is 0 Å². The summed E-state index contributed by atoms with van der Waals surface area (Å²) in [4.78, 5) is 34.6. The van der Waals surface area contributed by atoms with Gasteiger partial charge in [0, 0.05) is 18.4 Å². The average Bonchev–Trinajstić information content (AvgIpc) is 2.62. The minimum Gasteiger partial charge on any atom is -0.449 e. The monoisotopic (exact) mass is 460 g/mol. The first-order valence-electron chi connectivity index (χ1n) is 7.85. The van der Waals surface area contributed by atoms with Gasteiger partial charge in [-0.25, -0.2) is 13.2 Å². The number of hydrogen-bond donors (Lipinski definition) is 1. The van der Waals surface area contributed by atoms with Gasteiger partial charge in [0.25, 0.3) is 11.6 Å². The highest BCUT2D eigenvalue weighted by atomic mass is 35.5. The fourth-order valence-electron chi connectivity index (χ4n) is 2.13. The SMILES string of the molecule is C[C@H](OC(=O)c1cc(S(C)(=O)=O)ccc1Cl)C(=O)Nc1cc([N+](=O)[O-])ccc1Cl. The van der Waals surface area contributed by atoms with E-state index in [1.54, 1.807) is 0 Å². The largest absolute Gasteiger partial charge is 0.449 e. The van der Waals surface area contributed by atoms with Gasteiger partial charge in [0.1, 0.15) is 0 Å². The Morgan fingerprint density at radius 2 is 1.76 bits per heavy atom. The maximum Gasteiger partial charge on any atom is 0.340 e. The Morgan fingerprint density at radius 3 is 2.34 bits per heavy atom. The molecular formula is C17H14Cl2N2O7S. The van der Waals surface area contributed by atoms with E-state index < -0.39 is 32.7 Å². The second-order valence-corrected chi connectivity index (χ2v) is 8.70. The van der Waals surface area contributed by atoms with Crippen LogP contribution in [0.1, 0.15) is 17.3 Å². The molecule has 1 atom stereocenters. The minimum absolute atomic E-state index is 0.0362. The number of rotatable bonds is 6. The molecule has 0 saturated carbocycles. The molecule has 1 N–H and O–H groups in total. The highest BCUT2D eigenvalue weighted by Gasteiger charge is 2.23. The number of sulfone groups is 1. The molecule has 0 saturated heterocycles. The predicted molar refractivity (Wildman–Crippen MR) is 106 cm³/mol. The van der Waals surface area contributed by atoms with Gasteiger partial charge in [0.05, 0.1) is 31.1 Å². The number of nitrogens with one attached hydrogen (secondary N) is 1. The first-order valence-corrected chi connectivity index (χ1v) is 10.5. The van der Waals surface area contributed by atoms with Crippen molar-refractivity contribution in [3.05, 3.63) is 62.1 Å². The van der Waals surface area contributed by atoms with Crippen molar-refractivity contribution < 1.29 is 27.7 Å². The highest BCUT2D eigenvalue weighted by Crippen LogP contribution is 2.27. The molecule has 0 unspecified atom stereocenters. The van der Waals surface area contributed by atoms with Crippen LogP contribution in [-0.2, 0) is 19.4 Å². The molecule has 0 spiro atoms. The summed E-state index contributed by atoms with van der Waals surface area (Å²) in [6, 6.07) is 6.96. The van der Waals surface area contributed by atoms with Crippen LogP contribution in [0.3, 0.4) is 0 Å². The molecule has 0 radical (unpaired) electrons. The molecule has 0 fully saturated rings. The topological polar surface area (TPSA) is 133 Å². The van der Waals surface area contributed by atoms with E-state index in [4.69, 9.17) is 27.9 Å². The zero-order valence-electron chi connectivity index (χ0n) is 15.0. The number of carbonyl (C=O) groups is 2. The van der Waals surface area contributed by atoms with E-state index in [0.717, 1.165) is 24.5 Å². The van der Waals surface area contributed by atoms with E-state index in [0.29, 0.717) is 0 Å². The fraction of sp³-hybridized carbons (Fsp3) is 0.176. The van der Waals surface area contributed by atoms with Gasteiger partial charge in [-0.2, -0.15) is 0 Å². The number of nitro benzene ring substituents is 1. The quantitative estimate of drug-likeness (QED) is 0.396. The van der Waals surface area contributed by atoms with Gasteiger partial charge in [-0.05, 0) is 31.2 Å². The molecule has 0 aromatic heterocycles. The molecule has 0 bridgehead atoms. The molecule has 0 aliphatic carbocycles. The van der Waals surface area contributed by atoms with E-state index in [-0.39, 0.29) is 31.9 Å². The summed E-state index contributed by atoms with van der Waals surface area (Å²) in [7, 11) is -3.59. The van der Waals surface area contributed by atoms with Crippen molar-refractivity contribution in [3.63, 3.8) is 0 Å². The smallest absolute Gasteiger partial charge is 0.340 e. The number of halogens is 2. The van der Waals surface area contributed by atoms with Crippen molar-refractivity contribution in [1.29, 1.82) is 0 Å².